The van der Waals surface area contributed by atoms with Crippen LogP contribution < -0.4 is 15.8 Å². The van der Waals surface area contributed by atoms with Crippen molar-refractivity contribution in [2.24, 2.45) is 0 Å². The molecule has 0 aromatic heterocycles. The first kappa shape index (κ1) is 8.53. The number of fused-ring (bicyclic) bond motifs is 1. The summed E-state index contributed by atoms with van der Waals surface area (Å²) in [6.45, 7) is 0. The smallest absolute Gasteiger partial charge is 0.305 e. The van der Waals surface area contributed by atoms with Crippen LogP contribution in [0.15, 0.2) is 18.2 Å². The number of carbonyl (C=O) groups is 1. The van der Waals surface area contributed by atoms with Gasteiger partial charge in [-0.05, 0) is 34.1 Å². The van der Waals surface area contributed by atoms with E-state index >= 15 is 0 Å². The zero-order valence-corrected chi connectivity index (χ0v) is 8.16. The molecule has 3 aliphatic rings. The molecule has 2 N–H and O–H groups in total. The Morgan fingerprint density at radius 3 is 3.13 bits per heavy atom. The Hall–Kier alpha value is -1.77. The van der Waals surface area contributed by atoms with E-state index < -0.39 is 5.97 Å². The number of aliphatic carboxylic acids is 1. The number of nitrogens with one attached hydrogen (secondary N) is 1. The zero-order valence-electron chi connectivity index (χ0n) is 8.16. The third-order valence-electron chi connectivity index (χ3n) is 3.10. The van der Waals surface area contributed by atoms with Gasteiger partial charge in [0.05, 0.1) is 12.5 Å². The van der Waals surface area contributed by atoms with Crippen LogP contribution in [-0.2, 0) is 11.2 Å². The molecule has 1 aromatic rings. The number of carboxylic acids is 1. The summed E-state index contributed by atoms with van der Waals surface area (Å²) in [5.74, 6) is -0.753. The van der Waals surface area contributed by atoms with Crippen LogP contribution in [0.3, 0.4) is 0 Å². The summed E-state index contributed by atoms with van der Waals surface area (Å²) < 4.78 is 0. The third kappa shape index (κ3) is 1.23. The van der Waals surface area contributed by atoms with E-state index in [0.29, 0.717) is 0 Å². The predicted molar refractivity (Wildman–Crippen MR) is 56.4 cm³/mol. The molecule has 1 atom stereocenters. The van der Waals surface area contributed by atoms with Gasteiger partial charge in [-0.15, -0.1) is 0 Å². The van der Waals surface area contributed by atoms with Crippen molar-refractivity contribution in [3.8, 4) is 0 Å². The van der Waals surface area contributed by atoms with Gasteiger partial charge < -0.3 is 10.4 Å². The van der Waals surface area contributed by atoms with Crippen LogP contribution in [-0.4, -0.2) is 17.1 Å². The summed E-state index contributed by atoms with van der Waals surface area (Å²) >= 11 is 0. The van der Waals surface area contributed by atoms with Crippen LogP contribution in [0, 0.1) is 0 Å². The molecule has 4 rings (SSSR count). The van der Waals surface area contributed by atoms with E-state index in [1.807, 2.05) is 6.20 Å². The fourth-order valence-electron chi connectivity index (χ4n) is 2.41. The molecule has 0 saturated carbocycles. The summed E-state index contributed by atoms with van der Waals surface area (Å²) in [6.07, 6.45) is 2.98. The Bertz CT molecular complexity index is 559. The second-order valence-electron chi connectivity index (χ2n) is 4.09. The van der Waals surface area contributed by atoms with Crippen molar-refractivity contribution >= 4 is 17.7 Å². The molecule has 3 heteroatoms. The zero-order chi connectivity index (χ0) is 10.4. The lowest BCUT2D eigenvalue weighted by atomic mass is 9.87. The highest BCUT2D eigenvalue weighted by Gasteiger charge is 2.23. The van der Waals surface area contributed by atoms with Crippen molar-refractivity contribution < 1.29 is 9.90 Å². The highest BCUT2D eigenvalue weighted by molar-refractivity contribution is 5.73. The highest BCUT2D eigenvalue weighted by atomic mass is 16.4. The number of rotatable bonds is 2. The molecular formula is C12H11NO2. The molecule has 2 aliphatic carbocycles. The standard InChI is InChI=1S/C12H11NO2/c14-12(15)5-11-10-4-7-1-2-9(10)8(3-7)6-13-11/h1-3,6,11,13H,4-5H2,(H,14,15). The maximum atomic E-state index is 10.7. The monoisotopic (exact) mass is 201 g/mol. The van der Waals surface area contributed by atoms with Gasteiger partial charge in [0.2, 0.25) is 0 Å². The van der Waals surface area contributed by atoms with E-state index in [9.17, 15) is 4.79 Å². The summed E-state index contributed by atoms with van der Waals surface area (Å²) in [5.41, 5.74) is 2.51. The van der Waals surface area contributed by atoms with Crippen LogP contribution in [0.4, 0.5) is 0 Å². The summed E-state index contributed by atoms with van der Waals surface area (Å²) in [5, 5.41) is 14.4. The molecule has 0 spiro atoms. The van der Waals surface area contributed by atoms with Crippen LogP contribution in [0.2, 0.25) is 0 Å². The lowest BCUT2D eigenvalue weighted by Crippen LogP contribution is -2.46. The first-order chi connectivity index (χ1) is 7.24. The van der Waals surface area contributed by atoms with Crippen molar-refractivity contribution in [2.75, 3.05) is 0 Å². The molecule has 0 radical (unpaired) electrons. The Labute approximate surface area is 86.7 Å². The van der Waals surface area contributed by atoms with Gasteiger partial charge in [0.25, 0.3) is 0 Å². The molecule has 3 nitrogen and oxygen atoms in total. The SMILES string of the molecule is O=C(O)CC1NC=c2cc3ccc2=C1C3. The topological polar surface area (TPSA) is 49.3 Å². The van der Waals surface area contributed by atoms with Crippen molar-refractivity contribution in [1.29, 1.82) is 0 Å². The average Bonchev–Trinajstić information content (AvgIpc) is 2.23. The second kappa shape index (κ2) is 2.86. The summed E-state index contributed by atoms with van der Waals surface area (Å²) in [7, 11) is 0. The fraction of sp³-hybridized carbons (Fsp3) is 0.250. The summed E-state index contributed by atoms with van der Waals surface area (Å²) in [6, 6.07) is 6.33. The van der Waals surface area contributed by atoms with Gasteiger partial charge in [0.15, 0.2) is 0 Å². The second-order valence-corrected chi connectivity index (χ2v) is 4.09. The van der Waals surface area contributed by atoms with Gasteiger partial charge in [-0.3, -0.25) is 4.79 Å². The normalized spacial score (nSPS) is 20.8. The number of benzene rings is 1. The van der Waals surface area contributed by atoms with Crippen LogP contribution in [0.1, 0.15) is 12.0 Å². The summed E-state index contributed by atoms with van der Waals surface area (Å²) in [4.78, 5) is 10.7. The lowest BCUT2D eigenvalue weighted by Gasteiger charge is -2.26. The predicted octanol–water partition coefficient (Wildman–Crippen LogP) is -0.422. The van der Waals surface area contributed by atoms with Crippen molar-refractivity contribution in [2.45, 2.75) is 18.9 Å². The average molecular weight is 201 g/mol. The molecule has 0 saturated heterocycles. The van der Waals surface area contributed by atoms with Gasteiger partial charge in [0.1, 0.15) is 0 Å². The molecule has 1 heterocycles. The van der Waals surface area contributed by atoms with E-state index in [4.69, 9.17) is 5.11 Å². The Morgan fingerprint density at radius 2 is 2.40 bits per heavy atom. The highest BCUT2D eigenvalue weighted by Crippen LogP contribution is 2.17. The van der Waals surface area contributed by atoms with Crippen molar-refractivity contribution in [3.63, 3.8) is 0 Å². The minimum Gasteiger partial charge on any atom is -0.481 e. The van der Waals surface area contributed by atoms with Crippen molar-refractivity contribution in [1.82, 2.24) is 5.32 Å². The van der Waals surface area contributed by atoms with Crippen LogP contribution in [0.5, 0.6) is 0 Å². The molecule has 76 valence electrons. The lowest BCUT2D eigenvalue weighted by molar-refractivity contribution is -0.137. The van der Waals surface area contributed by atoms with Gasteiger partial charge in [-0.25, -0.2) is 0 Å². The fourth-order valence-corrected chi connectivity index (χ4v) is 2.41. The van der Waals surface area contributed by atoms with E-state index in [1.54, 1.807) is 0 Å². The van der Waals surface area contributed by atoms with E-state index in [1.165, 1.54) is 21.6 Å². The first-order valence-corrected chi connectivity index (χ1v) is 5.04. The van der Waals surface area contributed by atoms with Crippen LogP contribution in [0.25, 0.3) is 11.8 Å². The minimum atomic E-state index is -0.753. The van der Waals surface area contributed by atoms with E-state index in [0.717, 1.165) is 6.42 Å². The first-order valence-electron chi connectivity index (χ1n) is 5.04. The number of hydrogen-bond acceptors (Lipinski definition) is 2. The Morgan fingerprint density at radius 1 is 1.53 bits per heavy atom. The third-order valence-corrected chi connectivity index (χ3v) is 3.10. The van der Waals surface area contributed by atoms with Gasteiger partial charge in [0, 0.05) is 6.20 Å². The maximum Gasteiger partial charge on any atom is 0.305 e. The molecule has 1 aromatic carbocycles. The number of hydrogen-bond donors (Lipinski definition) is 2. The van der Waals surface area contributed by atoms with Gasteiger partial charge in [-0.2, -0.15) is 0 Å². The van der Waals surface area contributed by atoms with Gasteiger partial charge >= 0.3 is 5.97 Å². The van der Waals surface area contributed by atoms with Crippen molar-refractivity contribution in [3.05, 3.63) is 34.2 Å². The molecule has 0 amide bonds. The Balaban J connectivity index is 2.13. The van der Waals surface area contributed by atoms with Crippen LogP contribution >= 0.6 is 0 Å². The Kier molecular flexibility index (Phi) is 1.63. The molecule has 1 aliphatic heterocycles. The molecule has 4 bridgehead atoms. The number of carboxylic acid groups (broad SMARTS) is 1. The molecule has 1 unspecified atom stereocenters. The molecule has 15 heavy (non-hydrogen) atoms. The largest absolute Gasteiger partial charge is 0.481 e. The quantitative estimate of drug-likeness (QED) is 0.683. The maximum absolute atomic E-state index is 10.7. The molecule has 0 fully saturated rings. The van der Waals surface area contributed by atoms with E-state index in [2.05, 4.69) is 23.5 Å². The molecular weight excluding hydrogens is 190 g/mol. The minimum absolute atomic E-state index is 0.0325. The van der Waals surface area contributed by atoms with E-state index in [-0.39, 0.29) is 12.5 Å². The van der Waals surface area contributed by atoms with Gasteiger partial charge in [-0.1, -0.05) is 12.1 Å².